The van der Waals surface area contributed by atoms with Crippen molar-refractivity contribution in [1.82, 2.24) is 10.2 Å². The predicted octanol–water partition coefficient (Wildman–Crippen LogP) is 1.25. The number of hydrogen-bond acceptors (Lipinski definition) is 4. The first-order chi connectivity index (χ1) is 10.6. The largest absolute Gasteiger partial charge is 0.408 e. The van der Waals surface area contributed by atoms with Crippen LogP contribution in [-0.2, 0) is 9.47 Å². The average Bonchev–Trinajstić information content (AvgIpc) is 2.82. The highest BCUT2D eigenvalue weighted by atomic mass is 19.4. The van der Waals surface area contributed by atoms with Crippen molar-refractivity contribution in [1.29, 1.82) is 0 Å². The summed E-state index contributed by atoms with van der Waals surface area (Å²) in [4.78, 5) is 13.7. The summed E-state index contributed by atoms with van der Waals surface area (Å²) in [6.45, 7) is 4.76. The number of carbonyl (C=O) groups is 1. The molecule has 0 aromatic rings. The Labute approximate surface area is 133 Å². The van der Waals surface area contributed by atoms with Crippen molar-refractivity contribution in [2.45, 2.75) is 50.1 Å². The third kappa shape index (κ3) is 4.48. The molecule has 0 aliphatic carbocycles. The second-order valence-electron chi connectivity index (χ2n) is 6.82. The van der Waals surface area contributed by atoms with Gasteiger partial charge < -0.3 is 25.4 Å². The van der Waals surface area contributed by atoms with E-state index in [0.717, 1.165) is 0 Å². The molecule has 6 nitrogen and oxygen atoms in total. The minimum Gasteiger partial charge on any atom is -0.378 e. The maximum atomic E-state index is 12.9. The summed E-state index contributed by atoms with van der Waals surface area (Å²) in [6.07, 6.45) is -4.26. The molecule has 2 heterocycles. The molecule has 0 saturated carbocycles. The number of urea groups is 1. The highest BCUT2D eigenvalue weighted by Gasteiger charge is 2.49. The number of ether oxygens (including phenoxy) is 2. The second-order valence-corrected chi connectivity index (χ2v) is 6.82. The quantitative estimate of drug-likeness (QED) is 0.811. The highest BCUT2D eigenvalue weighted by Crippen LogP contribution is 2.34. The number of rotatable bonds is 3. The van der Waals surface area contributed by atoms with Crippen LogP contribution in [0.1, 0.15) is 26.7 Å². The normalized spacial score (nSPS) is 28.9. The van der Waals surface area contributed by atoms with Crippen LogP contribution in [0.5, 0.6) is 0 Å². The van der Waals surface area contributed by atoms with E-state index in [4.69, 9.17) is 15.2 Å². The number of alkyl halides is 3. The van der Waals surface area contributed by atoms with Crippen LogP contribution in [0.3, 0.4) is 0 Å². The monoisotopic (exact) mass is 339 g/mol. The first-order valence-corrected chi connectivity index (χ1v) is 7.67. The zero-order valence-electron chi connectivity index (χ0n) is 13.4. The van der Waals surface area contributed by atoms with Gasteiger partial charge in [0.05, 0.1) is 25.3 Å². The van der Waals surface area contributed by atoms with E-state index >= 15 is 0 Å². The van der Waals surface area contributed by atoms with E-state index < -0.39 is 29.5 Å². The first-order valence-electron chi connectivity index (χ1n) is 7.67. The van der Waals surface area contributed by atoms with E-state index in [9.17, 15) is 18.0 Å². The van der Waals surface area contributed by atoms with Gasteiger partial charge >= 0.3 is 12.2 Å². The molecule has 3 N–H and O–H groups in total. The summed E-state index contributed by atoms with van der Waals surface area (Å²) < 4.78 is 50.2. The third-order valence-corrected chi connectivity index (χ3v) is 4.05. The molecule has 0 aromatic heterocycles. The first kappa shape index (κ1) is 18.3. The Morgan fingerprint density at radius 1 is 1.39 bits per heavy atom. The zero-order chi connectivity index (χ0) is 17.3. The number of halogens is 3. The van der Waals surface area contributed by atoms with Gasteiger partial charge in [0, 0.05) is 13.0 Å². The minimum atomic E-state index is -4.52. The van der Waals surface area contributed by atoms with Gasteiger partial charge in [-0.2, -0.15) is 13.2 Å². The van der Waals surface area contributed by atoms with Crippen LogP contribution in [0, 0.1) is 0 Å². The smallest absolute Gasteiger partial charge is 0.378 e. The predicted molar refractivity (Wildman–Crippen MR) is 77.0 cm³/mol. The second kappa shape index (κ2) is 6.45. The van der Waals surface area contributed by atoms with Crippen LogP contribution in [0.25, 0.3) is 0 Å². The summed E-state index contributed by atoms with van der Waals surface area (Å²) in [6, 6.07) is -2.69. The molecule has 0 bridgehead atoms. The molecule has 2 aliphatic rings. The van der Waals surface area contributed by atoms with Crippen molar-refractivity contribution >= 4 is 6.03 Å². The van der Waals surface area contributed by atoms with Crippen molar-refractivity contribution in [3.8, 4) is 0 Å². The highest BCUT2D eigenvalue weighted by molar-refractivity contribution is 5.75. The minimum absolute atomic E-state index is 0.156. The molecule has 9 heteroatoms. The van der Waals surface area contributed by atoms with E-state index in [2.05, 4.69) is 5.32 Å². The van der Waals surface area contributed by atoms with E-state index in [1.165, 1.54) is 4.90 Å². The zero-order valence-corrected chi connectivity index (χ0v) is 13.4. The maximum Gasteiger partial charge on any atom is 0.408 e. The molecular formula is C14H24F3N3O3. The SMILES string of the molecule is CC1(C)CN(C(=O)NC(CCN)C(F)(F)F)CC2(CCOC2)O1. The Hall–Kier alpha value is -1.06. The molecule has 0 aromatic carbocycles. The van der Waals surface area contributed by atoms with Gasteiger partial charge in [0.2, 0.25) is 0 Å². The number of nitrogens with two attached hydrogens (primary N) is 1. The van der Waals surface area contributed by atoms with Crippen molar-refractivity contribution in [2.24, 2.45) is 5.73 Å². The van der Waals surface area contributed by atoms with E-state index in [-0.39, 0.29) is 26.1 Å². The molecule has 2 atom stereocenters. The van der Waals surface area contributed by atoms with Crippen LogP contribution in [0.15, 0.2) is 0 Å². The van der Waals surface area contributed by atoms with E-state index in [1.807, 2.05) is 13.8 Å². The van der Waals surface area contributed by atoms with Crippen LogP contribution < -0.4 is 11.1 Å². The summed E-state index contributed by atoms with van der Waals surface area (Å²) in [5.41, 5.74) is 3.93. The molecule has 2 rings (SSSR count). The topological polar surface area (TPSA) is 76.8 Å². The van der Waals surface area contributed by atoms with Crippen molar-refractivity contribution in [3.05, 3.63) is 0 Å². The van der Waals surface area contributed by atoms with Gasteiger partial charge in [0.15, 0.2) is 0 Å². The van der Waals surface area contributed by atoms with Crippen LogP contribution >= 0.6 is 0 Å². The fourth-order valence-corrected chi connectivity index (χ4v) is 3.18. The molecule has 2 amide bonds. The Morgan fingerprint density at radius 2 is 2.09 bits per heavy atom. The number of amides is 2. The van der Waals surface area contributed by atoms with Crippen molar-refractivity contribution < 1.29 is 27.4 Å². The molecule has 2 fully saturated rings. The molecule has 1 spiro atoms. The van der Waals surface area contributed by atoms with Crippen molar-refractivity contribution in [3.63, 3.8) is 0 Å². The molecule has 2 unspecified atom stereocenters. The van der Waals surface area contributed by atoms with Crippen LogP contribution in [0.2, 0.25) is 0 Å². The summed E-state index contributed by atoms with van der Waals surface area (Å²) in [5.74, 6) is 0. The van der Waals surface area contributed by atoms with Gasteiger partial charge in [-0.15, -0.1) is 0 Å². The fourth-order valence-electron chi connectivity index (χ4n) is 3.18. The van der Waals surface area contributed by atoms with Gasteiger partial charge in [-0.1, -0.05) is 0 Å². The number of nitrogens with one attached hydrogen (secondary N) is 1. The molecular weight excluding hydrogens is 315 g/mol. The van der Waals surface area contributed by atoms with Crippen LogP contribution in [0.4, 0.5) is 18.0 Å². The maximum absolute atomic E-state index is 12.9. The lowest BCUT2D eigenvalue weighted by Crippen LogP contribution is -2.64. The summed E-state index contributed by atoms with van der Waals surface area (Å²) >= 11 is 0. The third-order valence-electron chi connectivity index (χ3n) is 4.05. The average molecular weight is 339 g/mol. The number of morpholine rings is 1. The van der Waals surface area contributed by atoms with Crippen molar-refractivity contribution in [2.75, 3.05) is 32.8 Å². The van der Waals surface area contributed by atoms with E-state index in [0.29, 0.717) is 19.6 Å². The Balaban J connectivity index is 2.08. The Kier molecular flexibility index (Phi) is 5.12. The summed E-state index contributed by atoms with van der Waals surface area (Å²) in [7, 11) is 0. The Bertz CT molecular complexity index is 437. The van der Waals surface area contributed by atoms with Gasteiger partial charge in [0.25, 0.3) is 0 Å². The van der Waals surface area contributed by atoms with Gasteiger partial charge in [-0.3, -0.25) is 0 Å². The number of hydrogen-bond donors (Lipinski definition) is 2. The van der Waals surface area contributed by atoms with E-state index in [1.54, 1.807) is 0 Å². The van der Waals surface area contributed by atoms with Gasteiger partial charge in [0.1, 0.15) is 11.6 Å². The molecule has 2 saturated heterocycles. The van der Waals surface area contributed by atoms with Gasteiger partial charge in [-0.05, 0) is 26.8 Å². The van der Waals surface area contributed by atoms with Crippen LogP contribution in [-0.4, -0.2) is 67.2 Å². The molecule has 0 radical (unpaired) electrons. The number of carbonyl (C=O) groups excluding carboxylic acids is 1. The standard InChI is InChI=1S/C14H24F3N3O3/c1-12(2)7-20(8-13(23-12)4-6-22-9-13)11(21)19-10(3-5-18)14(15,16)17/h10H,3-9,18H2,1-2H3,(H,19,21). The lowest BCUT2D eigenvalue weighted by atomic mass is 9.95. The molecule has 23 heavy (non-hydrogen) atoms. The molecule has 2 aliphatic heterocycles. The lowest BCUT2D eigenvalue weighted by molar-refractivity contribution is -0.187. The Morgan fingerprint density at radius 3 is 2.61 bits per heavy atom. The fraction of sp³-hybridized carbons (Fsp3) is 0.929. The number of nitrogens with zero attached hydrogens (tertiary/aromatic N) is 1. The lowest BCUT2D eigenvalue weighted by Gasteiger charge is -2.48. The molecule has 134 valence electrons. The summed E-state index contributed by atoms with van der Waals surface area (Å²) in [5, 5.41) is 2.06. The van der Waals surface area contributed by atoms with Gasteiger partial charge in [-0.25, -0.2) is 4.79 Å².